The largest absolute Gasteiger partial charge is 0.460 e. The van der Waals surface area contributed by atoms with Crippen LogP contribution in [0.25, 0.3) is 5.78 Å². The standard InChI is InChI=1S/C18H17FN4O3/c1-11-10-12(2)23-18(20-11)21-16(22-23)17(25)26-9-3-4-15(24)13-5-7-14(19)8-6-13/h5-8,10H,3-4,9H2,1-2H3. The Hall–Kier alpha value is -3.16. The van der Waals surface area contributed by atoms with E-state index in [2.05, 4.69) is 15.1 Å². The van der Waals surface area contributed by atoms with Crippen molar-refractivity contribution in [2.75, 3.05) is 6.61 Å². The number of carbonyl (C=O) groups is 2. The quantitative estimate of drug-likeness (QED) is 0.383. The highest BCUT2D eigenvalue weighted by atomic mass is 19.1. The van der Waals surface area contributed by atoms with E-state index in [0.717, 1.165) is 11.4 Å². The van der Waals surface area contributed by atoms with Crippen LogP contribution >= 0.6 is 0 Å². The van der Waals surface area contributed by atoms with Crippen molar-refractivity contribution in [3.63, 3.8) is 0 Å². The van der Waals surface area contributed by atoms with E-state index >= 15 is 0 Å². The summed E-state index contributed by atoms with van der Waals surface area (Å²) >= 11 is 0. The van der Waals surface area contributed by atoms with Crippen molar-refractivity contribution in [3.05, 3.63) is 58.9 Å². The summed E-state index contributed by atoms with van der Waals surface area (Å²) in [6, 6.07) is 7.17. The van der Waals surface area contributed by atoms with Gasteiger partial charge in [0, 0.05) is 23.4 Å². The van der Waals surface area contributed by atoms with E-state index in [1.165, 1.54) is 28.8 Å². The predicted molar refractivity (Wildman–Crippen MR) is 90.5 cm³/mol. The summed E-state index contributed by atoms with van der Waals surface area (Å²) in [5.41, 5.74) is 2.02. The zero-order valence-electron chi connectivity index (χ0n) is 14.4. The molecule has 0 amide bonds. The number of halogens is 1. The molecule has 0 radical (unpaired) electrons. The molecular formula is C18H17FN4O3. The highest BCUT2D eigenvalue weighted by Crippen LogP contribution is 2.09. The maximum Gasteiger partial charge on any atom is 0.378 e. The van der Waals surface area contributed by atoms with Crippen LogP contribution < -0.4 is 0 Å². The zero-order chi connectivity index (χ0) is 18.7. The average molecular weight is 356 g/mol. The number of aromatic nitrogens is 4. The third-order valence-electron chi connectivity index (χ3n) is 3.75. The molecule has 8 heteroatoms. The third-order valence-corrected chi connectivity index (χ3v) is 3.75. The number of benzene rings is 1. The third kappa shape index (κ3) is 3.90. The van der Waals surface area contributed by atoms with Crippen molar-refractivity contribution in [2.45, 2.75) is 26.7 Å². The number of esters is 1. The molecule has 0 unspecified atom stereocenters. The number of ether oxygens (including phenoxy) is 1. The van der Waals surface area contributed by atoms with Crippen LogP contribution in [0.15, 0.2) is 30.3 Å². The summed E-state index contributed by atoms with van der Waals surface area (Å²) in [6.45, 7) is 3.73. The number of aryl methyl sites for hydroxylation is 2. The van der Waals surface area contributed by atoms with Crippen LogP contribution in [0.1, 0.15) is 45.2 Å². The lowest BCUT2D eigenvalue weighted by atomic mass is 10.1. The van der Waals surface area contributed by atoms with Crippen molar-refractivity contribution in [1.82, 2.24) is 19.6 Å². The summed E-state index contributed by atoms with van der Waals surface area (Å²) in [4.78, 5) is 32.3. The van der Waals surface area contributed by atoms with Gasteiger partial charge < -0.3 is 4.74 Å². The first-order valence-corrected chi connectivity index (χ1v) is 8.11. The fourth-order valence-corrected chi connectivity index (χ4v) is 2.50. The molecule has 0 saturated heterocycles. The van der Waals surface area contributed by atoms with Gasteiger partial charge in [0.15, 0.2) is 5.78 Å². The lowest BCUT2D eigenvalue weighted by Crippen LogP contribution is -2.10. The molecule has 0 spiro atoms. The van der Waals surface area contributed by atoms with E-state index in [4.69, 9.17) is 4.74 Å². The van der Waals surface area contributed by atoms with Gasteiger partial charge in [-0.3, -0.25) is 4.79 Å². The molecule has 3 rings (SSSR count). The van der Waals surface area contributed by atoms with Crippen LogP contribution in [0.4, 0.5) is 4.39 Å². The van der Waals surface area contributed by atoms with Gasteiger partial charge in [-0.2, -0.15) is 4.98 Å². The zero-order valence-corrected chi connectivity index (χ0v) is 14.4. The van der Waals surface area contributed by atoms with E-state index < -0.39 is 11.8 Å². The van der Waals surface area contributed by atoms with Gasteiger partial charge in [0.25, 0.3) is 11.6 Å². The van der Waals surface area contributed by atoms with Crippen LogP contribution in [-0.4, -0.2) is 37.9 Å². The number of hydrogen-bond acceptors (Lipinski definition) is 6. The van der Waals surface area contributed by atoms with Crippen molar-refractivity contribution in [1.29, 1.82) is 0 Å². The van der Waals surface area contributed by atoms with Crippen LogP contribution in [0.3, 0.4) is 0 Å². The van der Waals surface area contributed by atoms with Crippen LogP contribution in [0.2, 0.25) is 0 Å². The molecule has 134 valence electrons. The molecule has 0 fully saturated rings. The summed E-state index contributed by atoms with van der Waals surface area (Å²) in [7, 11) is 0. The predicted octanol–water partition coefficient (Wildman–Crippen LogP) is 2.70. The number of hydrogen-bond donors (Lipinski definition) is 0. The van der Waals surface area contributed by atoms with E-state index in [1.807, 2.05) is 19.9 Å². The first-order chi connectivity index (χ1) is 12.4. The molecule has 1 aromatic carbocycles. The fourth-order valence-electron chi connectivity index (χ4n) is 2.50. The van der Waals surface area contributed by atoms with Crippen molar-refractivity contribution < 1.29 is 18.7 Å². The molecule has 7 nitrogen and oxygen atoms in total. The Morgan fingerprint density at radius 2 is 1.88 bits per heavy atom. The molecular weight excluding hydrogens is 339 g/mol. The lowest BCUT2D eigenvalue weighted by molar-refractivity contribution is 0.0480. The number of nitrogens with zero attached hydrogens (tertiary/aromatic N) is 4. The molecule has 2 aromatic heterocycles. The molecule has 0 aliphatic rings. The molecule has 3 aromatic rings. The minimum Gasteiger partial charge on any atom is -0.460 e. The van der Waals surface area contributed by atoms with Crippen molar-refractivity contribution in [2.24, 2.45) is 0 Å². The van der Waals surface area contributed by atoms with Gasteiger partial charge in [0.2, 0.25) is 0 Å². The second-order valence-electron chi connectivity index (χ2n) is 5.86. The van der Waals surface area contributed by atoms with Gasteiger partial charge in [-0.15, -0.1) is 5.10 Å². The Kier molecular flexibility index (Phi) is 5.01. The smallest absolute Gasteiger partial charge is 0.378 e. The highest BCUT2D eigenvalue weighted by molar-refractivity contribution is 5.96. The van der Waals surface area contributed by atoms with Gasteiger partial charge in [0.1, 0.15) is 5.82 Å². The first-order valence-electron chi connectivity index (χ1n) is 8.11. The normalized spacial score (nSPS) is 10.9. The van der Waals surface area contributed by atoms with E-state index in [0.29, 0.717) is 17.8 Å². The van der Waals surface area contributed by atoms with Crippen LogP contribution in [0.5, 0.6) is 0 Å². The first kappa shape index (κ1) is 17.7. The van der Waals surface area contributed by atoms with Gasteiger partial charge in [-0.05, 0) is 50.6 Å². The lowest BCUT2D eigenvalue weighted by Gasteiger charge is -2.02. The molecule has 0 atom stereocenters. The minimum atomic E-state index is -0.665. The second kappa shape index (κ2) is 7.38. The monoisotopic (exact) mass is 356 g/mol. The molecule has 0 aliphatic carbocycles. The molecule has 0 bridgehead atoms. The summed E-state index contributed by atoms with van der Waals surface area (Å²) in [5, 5.41) is 4.09. The molecule has 0 aliphatic heterocycles. The van der Waals surface area contributed by atoms with Gasteiger partial charge >= 0.3 is 5.97 Å². The van der Waals surface area contributed by atoms with E-state index in [1.54, 1.807) is 0 Å². The van der Waals surface area contributed by atoms with Gasteiger partial charge in [-0.25, -0.2) is 18.7 Å². The van der Waals surface area contributed by atoms with Crippen molar-refractivity contribution in [3.8, 4) is 0 Å². The minimum absolute atomic E-state index is 0.0623. The molecule has 26 heavy (non-hydrogen) atoms. The van der Waals surface area contributed by atoms with E-state index in [-0.39, 0.29) is 24.6 Å². The van der Waals surface area contributed by atoms with Gasteiger partial charge in [-0.1, -0.05) is 0 Å². The van der Waals surface area contributed by atoms with Crippen LogP contribution in [-0.2, 0) is 4.74 Å². The Balaban J connectivity index is 1.53. The second-order valence-corrected chi connectivity index (χ2v) is 5.86. The van der Waals surface area contributed by atoms with E-state index in [9.17, 15) is 14.0 Å². The molecule has 2 heterocycles. The Labute approximate surface area is 148 Å². The van der Waals surface area contributed by atoms with Crippen LogP contribution in [0, 0.1) is 19.7 Å². The Morgan fingerprint density at radius 3 is 2.62 bits per heavy atom. The maximum atomic E-state index is 12.8. The summed E-state index contributed by atoms with van der Waals surface area (Å²) in [5.74, 6) is -0.934. The van der Waals surface area contributed by atoms with Crippen molar-refractivity contribution >= 4 is 17.5 Å². The summed E-state index contributed by atoms with van der Waals surface area (Å²) in [6.07, 6.45) is 0.545. The Bertz CT molecular complexity index is 966. The number of fused-ring (bicyclic) bond motifs is 1. The number of rotatable bonds is 6. The fraction of sp³-hybridized carbons (Fsp3) is 0.278. The number of Topliss-reactive ketones (excluding diaryl/α,β-unsaturated/α-hetero) is 1. The molecule has 0 saturated carbocycles. The molecule has 0 N–H and O–H groups in total. The SMILES string of the molecule is Cc1cc(C)n2nc(C(=O)OCCCC(=O)c3ccc(F)cc3)nc2n1. The number of ketones is 1. The Morgan fingerprint density at radius 1 is 1.15 bits per heavy atom. The van der Waals surface area contributed by atoms with Gasteiger partial charge in [0.05, 0.1) is 6.61 Å². The number of carbonyl (C=O) groups excluding carboxylic acids is 2. The topological polar surface area (TPSA) is 86.5 Å². The average Bonchev–Trinajstić information content (AvgIpc) is 3.03. The maximum absolute atomic E-state index is 12.8. The highest BCUT2D eigenvalue weighted by Gasteiger charge is 2.16. The summed E-state index contributed by atoms with van der Waals surface area (Å²) < 4.78 is 19.4.